The van der Waals surface area contributed by atoms with E-state index < -0.39 is 10.1 Å². The molecule has 0 aliphatic heterocycles. The normalized spacial score (nSPS) is 11.5. The lowest BCUT2D eigenvalue weighted by Crippen LogP contribution is -1.98. The average molecular weight is 314 g/mol. The van der Waals surface area contributed by atoms with Crippen LogP contribution in [0.5, 0.6) is 0 Å². The van der Waals surface area contributed by atoms with Gasteiger partial charge in [0.05, 0.1) is 16.5 Å². The standard InChI is InChI=1S/C15H10N2O4S/c1-9-2-4-11(22(18,19)20)7-12(9)15-17-13-6-10(8-16)3-5-14(13)21-15/h2-7H,1H3,(H,18,19,20). The summed E-state index contributed by atoms with van der Waals surface area (Å²) in [6.45, 7) is 1.78. The first kappa shape index (κ1) is 14.3. The van der Waals surface area contributed by atoms with E-state index >= 15 is 0 Å². The van der Waals surface area contributed by atoms with Gasteiger partial charge < -0.3 is 4.42 Å². The van der Waals surface area contributed by atoms with Gasteiger partial charge in [-0.2, -0.15) is 13.7 Å². The summed E-state index contributed by atoms with van der Waals surface area (Å²) in [6.07, 6.45) is 0. The van der Waals surface area contributed by atoms with E-state index in [1.165, 1.54) is 12.1 Å². The second kappa shape index (κ2) is 4.94. The van der Waals surface area contributed by atoms with E-state index in [2.05, 4.69) is 4.98 Å². The van der Waals surface area contributed by atoms with Gasteiger partial charge in [-0.15, -0.1) is 0 Å². The summed E-state index contributed by atoms with van der Waals surface area (Å²) >= 11 is 0. The second-order valence-corrected chi connectivity index (χ2v) is 6.19. The van der Waals surface area contributed by atoms with Gasteiger partial charge in [-0.25, -0.2) is 4.98 Å². The van der Waals surface area contributed by atoms with Crippen LogP contribution in [0.4, 0.5) is 0 Å². The van der Waals surface area contributed by atoms with Crippen molar-refractivity contribution in [2.45, 2.75) is 11.8 Å². The van der Waals surface area contributed by atoms with Gasteiger partial charge in [-0.05, 0) is 42.8 Å². The molecular formula is C15H10N2O4S. The van der Waals surface area contributed by atoms with Gasteiger partial charge in [-0.1, -0.05) is 6.07 Å². The third-order valence-corrected chi connectivity index (χ3v) is 4.10. The zero-order valence-electron chi connectivity index (χ0n) is 11.4. The molecule has 0 unspecified atom stereocenters. The molecule has 6 nitrogen and oxygen atoms in total. The fraction of sp³-hybridized carbons (Fsp3) is 0.0667. The maximum absolute atomic E-state index is 11.3. The van der Waals surface area contributed by atoms with E-state index in [0.29, 0.717) is 22.2 Å². The van der Waals surface area contributed by atoms with Crippen LogP contribution in [0.25, 0.3) is 22.6 Å². The smallest absolute Gasteiger partial charge is 0.294 e. The van der Waals surface area contributed by atoms with Gasteiger partial charge in [0.25, 0.3) is 10.1 Å². The van der Waals surface area contributed by atoms with Gasteiger partial charge in [0.15, 0.2) is 5.58 Å². The van der Waals surface area contributed by atoms with Gasteiger partial charge >= 0.3 is 0 Å². The molecule has 1 heterocycles. The van der Waals surface area contributed by atoms with E-state index in [4.69, 9.17) is 14.2 Å². The van der Waals surface area contributed by atoms with E-state index in [1.54, 1.807) is 31.2 Å². The van der Waals surface area contributed by atoms with Crippen LogP contribution in [0.1, 0.15) is 11.1 Å². The molecule has 0 aliphatic rings. The van der Waals surface area contributed by atoms with Crippen molar-refractivity contribution >= 4 is 21.2 Å². The number of hydrogen-bond acceptors (Lipinski definition) is 5. The molecule has 2 aromatic carbocycles. The van der Waals surface area contributed by atoms with Crippen LogP contribution >= 0.6 is 0 Å². The molecule has 0 atom stereocenters. The Labute approximate surface area is 126 Å². The Morgan fingerprint density at radius 2 is 2.00 bits per heavy atom. The molecule has 1 aromatic heterocycles. The lowest BCUT2D eigenvalue weighted by atomic mass is 10.1. The van der Waals surface area contributed by atoms with Crippen LogP contribution in [0.2, 0.25) is 0 Å². The summed E-state index contributed by atoms with van der Waals surface area (Å²) in [5, 5.41) is 8.89. The maximum Gasteiger partial charge on any atom is 0.294 e. The highest BCUT2D eigenvalue weighted by Crippen LogP contribution is 2.29. The fourth-order valence-electron chi connectivity index (χ4n) is 2.10. The van der Waals surface area contributed by atoms with Crippen LogP contribution in [-0.4, -0.2) is 18.0 Å². The number of nitriles is 1. The van der Waals surface area contributed by atoms with Crippen LogP contribution in [0.15, 0.2) is 45.7 Å². The Hall–Kier alpha value is -2.69. The first-order chi connectivity index (χ1) is 10.4. The maximum atomic E-state index is 11.3. The topological polar surface area (TPSA) is 104 Å². The molecule has 0 saturated heterocycles. The van der Waals surface area contributed by atoms with Gasteiger partial charge in [0.1, 0.15) is 5.52 Å². The minimum Gasteiger partial charge on any atom is -0.436 e. The third-order valence-electron chi connectivity index (χ3n) is 3.25. The van der Waals surface area contributed by atoms with Gasteiger partial charge in [0, 0.05) is 5.56 Å². The number of nitrogens with zero attached hydrogens (tertiary/aromatic N) is 2. The summed E-state index contributed by atoms with van der Waals surface area (Å²) in [4.78, 5) is 4.05. The SMILES string of the molecule is Cc1ccc(S(=O)(=O)O)cc1-c1nc2cc(C#N)ccc2o1. The van der Waals surface area contributed by atoms with Crippen molar-refractivity contribution in [1.29, 1.82) is 5.26 Å². The molecule has 0 aliphatic carbocycles. The number of benzene rings is 2. The van der Waals surface area contributed by atoms with Crippen molar-refractivity contribution in [2.24, 2.45) is 0 Å². The Kier molecular flexibility index (Phi) is 3.20. The molecule has 1 N–H and O–H groups in total. The molecular weight excluding hydrogens is 304 g/mol. The first-order valence-electron chi connectivity index (χ1n) is 6.28. The molecule has 110 valence electrons. The molecule has 0 radical (unpaired) electrons. The molecule has 3 rings (SSSR count). The molecule has 3 aromatic rings. The van der Waals surface area contributed by atoms with E-state index in [-0.39, 0.29) is 10.8 Å². The first-order valence-corrected chi connectivity index (χ1v) is 7.72. The van der Waals surface area contributed by atoms with Crippen LogP contribution in [0, 0.1) is 18.3 Å². The average Bonchev–Trinajstić information content (AvgIpc) is 2.88. The van der Waals surface area contributed by atoms with Gasteiger partial charge in [0.2, 0.25) is 5.89 Å². The molecule has 0 amide bonds. The van der Waals surface area contributed by atoms with Gasteiger partial charge in [-0.3, -0.25) is 4.55 Å². The summed E-state index contributed by atoms with van der Waals surface area (Å²) in [5.41, 5.74) is 2.66. The molecule has 0 saturated carbocycles. The van der Waals surface area contributed by atoms with Crippen LogP contribution in [-0.2, 0) is 10.1 Å². The van der Waals surface area contributed by atoms with Crippen molar-refractivity contribution in [3.05, 3.63) is 47.5 Å². The summed E-state index contributed by atoms with van der Waals surface area (Å²) in [6, 6.07) is 11.0. The quantitative estimate of drug-likeness (QED) is 0.729. The molecule has 0 bridgehead atoms. The number of fused-ring (bicyclic) bond motifs is 1. The van der Waals surface area contributed by atoms with Crippen molar-refractivity contribution in [2.75, 3.05) is 0 Å². The zero-order valence-corrected chi connectivity index (χ0v) is 12.3. The number of hydrogen-bond donors (Lipinski definition) is 1. The lowest BCUT2D eigenvalue weighted by molar-refractivity contribution is 0.483. The highest BCUT2D eigenvalue weighted by atomic mass is 32.2. The predicted octanol–water partition coefficient (Wildman–Crippen LogP) is 2.92. The van der Waals surface area contributed by atoms with Crippen molar-refractivity contribution in [1.82, 2.24) is 4.98 Å². The largest absolute Gasteiger partial charge is 0.436 e. The fourth-order valence-corrected chi connectivity index (χ4v) is 2.61. The minimum absolute atomic E-state index is 0.229. The van der Waals surface area contributed by atoms with E-state index in [1.807, 2.05) is 6.07 Å². The Morgan fingerprint density at radius 1 is 1.23 bits per heavy atom. The Morgan fingerprint density at radius 3 is 2.68 bits per heavy atom. The van der Waals surface area contributed by atoms with Crippen molar-refractivity contribution in [3.63, 3.8) is 0 Å². The van der Waals surface area contributed by atoms with Crippen LogP contribution in [0.3, 0.4) is 0 Å². The number of aromatic nitrogens is 1. The predicted molar refractivity (Wildman–Crippen MR) is 78.7 cm³/mol. The summed E-state index contributed by atoms with van der Waals surface area (Å²) in [7, 11) is -4.30. The summed E-state index contributed by atoms with van der Waals surface area (Å²) in [5.74, 6) is 0.230. The number of aryl methyl sites for hydroxylation is 1. The third kappa shape index (κ3) is 2.45. The monoisotopic (exact) mass is 314 g/mol. The Balaban J connectivity index is 2.21. The van der Waals surface area contributed by atoms with Crippen molar-refractivity contribution < 1.29 is 17.4 Å². The summed E-state index contributed by atoms with van der Waals surface area (Å²) < 4.78 is 37.3. The lowest BCUT2D eigenvalue weighted by Gasteiger charge is -2.03. The zero-order chi connectivity index (χ0) is 15.9. The molecule has 22 heavy (non-hydrogen) atoms. The number of rotatable bonds is 2. The van der Waals surface area contributed by atoms with E-state index in [0.717, 1.165) is 5.56 Å². The highest BCUT2D eigenvalue weighted by Gasteiger charge is 2.16. The molecule has 0 fully saturated rings. The minimum atomic E-state index is -4.30. The van der Waals surface area contributed by atoms with Crippen LogP contribution < -0.4 is 0 Å². The molecule has 7 heteroatoms. The Bertz CT molecular complexity index is 1030. The second-order valence-electron chi connectivity index (χ2n) is 4.77. The highest BCUT2D eigenvalue weighted by molar-refractivity contribution is 7.85. The van der Waals surface area contributed by atoms with Crippen molar-refractivity contribution in [3.8, 4) is 17.5 Å². The number of oxazole rings is 1. The molecule has 0 spiro atoms. The van der Waals surface area contributed by atoms with E-state index in [9.17, 15) is 8.42 Å².